The molecule has 0 aliphatic rings. The van der Waals surface area contributed by atoms with Crippen LogP contribution in [0.1, 0.15) is 21.6 Å². The minimum atomic E-state index is -0.752. The minimum Gasteiger partial charge on any atom is -0.378 e. The van der Waals surface area contributed by atoms with E-state index in [4.69, 9.17) is 0 Å². The number of halogens is 1. The summed E-state index contributed by atoms with van der Waals surface area (Å²) in [6, 6.07) is 15.0. The van der Waals surface area contributed by atoms with Gasteiger partial charge in [0, 0.05) is 24.3 Å². The predicted molar refractivity (Wildman–Crippen MR) is 118 cm³/mol. The van der Waals surface area contributed by atoms with Crippen molar-refractivity contribution in [3.8, 4) is 0 Å². The van der Waals surface area contributed by atoms with Gasteiger partial charge in [-0.05, 0) is 35.4 Å². The molecule has 0 bridgehead atoms. The Morgan fingerprint density at radius 1 is 1.23 bits per heavy atom. The molecule has 0 aliphatic heterocycles. The maximum atomic E-state index is 12.4. The molecule has 2 aromatic carbocycles. The van der Waals surface area contributed by atoms with E-state index in [1.807, 2.05) is 67.5 Å². The molecule has 154 valence electrons. The number of hydrogen-bond donors (Lipinski definition) is 1. The van der Waals surface area contributed by atoms with Crippen molar-refractivity contribution in [1.29, 1.82) is 0 Å². The van der Waals surface area contributed by atoms with Crippen molar-refractivity contribution in [2.45, 2.75) is 6.54 Å². The number of nitro groups is 1. The fraction of sp³-hybridized carbons (Fsp3) is 0.150. The number of anilines is 1. The topological polar surface area (TPSA) is 106 Å². The molecule has 1 heterocycles. The number of hydrogen-bond acceptors (Lipinski definition) is 6. The van der Waals surface area contributed by atoms with E-state index in [2.05, 4.69) is 31.6 Å². The summed E-state index contributed by atoms with van der Waals surface area (Å²) >= 11 is 3.36. The molecule has 0 atom stereocenters. The van der Waals surface area contributed by atoms with Crippen LogP contribution in [0.5, 0.6) is 0 Å². The molecule has 9 nitrogen and oxygen atoms in total. The van der Waals surface area contributed by atoms with Crippen LogP contribution in [0.15, 0.2) is 64.3 Å². The standard InChI is InChI=1S/C20H19BrN6O3/c1-25(2)17-9-5-14(6-10-17)11-22-23-20(28)19-18(27(29)30)13-26(24-19)12-15-3-7-16(21)8-4-15/h3-11,13H,12H2,1-2H3,(H,23,28). The minimum absolute atomic E-state index is 0.294. The van der Waals surface area contributed by atoms with Crippen molar-refractivity contribution in [3.05, 3.63) is 86.1 Å². The molecule has 0 aliphatic carbocycles. The lowest BCUT2D eigenvalue weighted by molar-refractivity contribution is -0.385. The number of aromatic nitrogens is 2. The van der Waals surface area contributed by atoms with Gasteiger partial charge >= 0.3 is 5.69 Å². The van der Waals surface area contributed by atoms with Crippen LogP contribution in [0.4, 0.5) is 11.4 Å². The zero-order valence-corrected chi connectivity index (χ0v) is 17.9. The zero-order valence-electron chi connectivity index (χ0n) is 16.3. The molecule has 3 aromatic rings. The second-order valence-corrected chi connectivity index (χ2v) is 7.54. The molecule has 0 spiro atoms. The van der Waals surface area contributed by atoms with E-state index in [0.717, 1.165) is 21.3 Å². The van der Waals surface area contributed by atoms with E-state index in [1.54, 1.807) is 0 Å². The molecular weight excluding hydrogens is 452 g/mol. The highest BCUT2D eigenvalue weighted by molar-refractivity contribution is 9.10. The fourth-order valence-corrected chi connectivity index (χ4v) is 2.91. The van der Waals surface area contributed by atoms with Gasteiger partial charge in [-0.15, -0.1) is 0 Å². The van der Waals surface area contributed by atoms with Crippen LogP contribution in [-0.2, 0) is 6.54 Å². The second kappa shape index (κ2) is 9.31. The Hall–Kier alpha value is -3.53. The quantitative estimate of drug-likeness (QED) is 0.323. The van der Waals surface area contributed by atoms with Crippen molar-refractivity contribution in [2.75, 3.05) is 19.0 Å². The van der Waals surface area contributed by atoms with Crippen LogP contribution in [0, 0.1) is 10.1 Å². The summed E-state index contributed by atoms with van der Waals surface area (Å²) in [6.07, 6.45) is 2.70. The van der Waals surface area contributed by atoms with Crippen molar-refractivity contribution < 1.29 is 9.72 Å². The molecule has 3 rings (SSSR count). The summed E-state index contributed by atoms with van der Waals surface area (Å²) in [7, 11) is 3.87. The average molecular weight is 471 g/mol. The summed E-state index contributed by atoms with van der Waals surface area (Å²) in [4.78, 5) is 25.1. The van der Waals surface area contributed by atoms with Crippen molar-refractivity contribution in [2.24, 2.45) is 5.10 Å². The third-order valence-electron chi connectivity index (χ3n) is 4.20. The van der Waals surface area contributed by atoms with Crippen LogP contribution in [0.25, 0.3) is 0 Å². The maximum absolute atomic E-state index is 12.4. The number of amides is 1. The third kappa shape index (κ3) is 5.29. The number of benzene rings is 2. The molecule has 0 fully saturated rings. The Morgan fingerprint density at radius 3 is 2.50 bits per heavy atom. The molecule has 1 N–H and O–H groups in total. The summed E-state index contributed by atoms with van der Waals surface area (Å²) in [5.74, 6) is -0.752. The highest BCUT2D eigenvalue weighted by atomic mass is 79.9. The number of carbonyl (C=O) groups is 1. The molecule has 10 heteroatoms. The smallest absolute Gasteiger partial charge is 0.320 e. The van der Waals surface area contributed by atoms with E-state index in [9.17, 15) is 14.9 Å². The Bertz CT molecular complexity index is 1070. The summed E-state index contributed by atoms with van der Waals surface area (Å²) in [5.41, 5.74) is 4.32. The lowest BCUT2D eigenvalue weighted by Gasteiger charge is -2.11. The molecular formula is C20H19BrN6O3. The van der Waals surface area contributed by atoms with Crippen LogP contribution in [-0.4, -0.2) is 40.9 Å². The summed E-state index contributed by atoms with van der Waals surface area (Å²) in [6.45, 7) is 0.295. The van der Waals surface area contributed by atoms with Crippen molar-refractivity contribution in [3.63, 3.8) is 0 Å². The van der Waals surface area contributed by atoms with E-state index in [0.29, 0.717) is 6.54 Å². The van der Waals surface area contributed by atoms with Crippen LogP contribution >= 0.6 is 15.9 Å². The van der Waals surface area contributed by atoms with Gasteiger partial charge in [0.05, 0.1) is 17.7 Å². The van der Waals surface area contributed by atoms with Crippen molar-refractivity contribution >= 4 is 39.4 Å². The monoisotopic (exact) mass is 470 g/mol. The lowest BCUT2D eigenvalue weighted by atomic mass is 10.2. The van der Waals surface area contributed by atoms with Gasteiger partial charge in [0.15, 0.2) is 0 Å². The fourth-order valence-electron chi connectivity index (χ4n) is 2.64. The number of nitrogens with zero attached hydrogens (tertiary/aromatic N) is 5. The second-order valence-electron chi connectivity index (χ2n) is 6.63. The molecule has 30 heavy (non-hydrogen) atoms. The van der Waals surface area contributed by atoms with Gasteiger partial charge in [-0.1, -0.05) is 40.2 Å². The number of carbonyl (C=O) groups excluding carboxylic acids is 1. The van der Waals surface area contributed by atoms with Gasteiger partial charge in [-0.25, -0.2) is 5.43 Å². The lowest BCUT2D eigenvalue weighted by Crippen LogP contribution is -2.19. The van der Waals surface area contributed by atoms with Gasteiger partial charge in [0.2, 0.25) is 5.69 Å². The van der Waals surface area contributed by atoms with Gasteiger partial charge in [0.25, 0.3) is 5.91 Å². The molecule has 0 unspecified atom stereocenters. The Kier molecular flexibility index (Phi) is 6.58. The first-order valence-electron chi connectivity index (χ1n) is 8.90. The average Bonchev–Trinajstić information content (AvgIpc) is 3.14. The first-order valence-corrected chi connectivity index (χ1v) is 9.70. The van der Waals surface area contributed by atoms with Gasteiger partial charge in [0.1, 0.15) is 6.20 Å². The first-order chi connectivity index (χ1) is 14.3. The van der Waals surface area contributed by atoms with E-state index < -0.39 is 10.8 Å². The summed E-state index contributed by atoms with van der Waals surface area (Å²) in [5, 5.41) is 19.3. The Labute approximate surface area is 181 Å². The van der Waals surface area contributed by atoms with E-state index >= 15 is 0 Å². The molecule has 1 amide bonds. The maximum Gasteiger partial charge on any atom is 0.320 e. The number of hydrazone groups is 1. The Balaban J connectivity index is 1.71. The van der Waals surface area contributed by atoms with Crippen LogP contribution in [0.3, 0.4) is 0 Å². The summed E-state index contributed by atoms with van der Waals surface area (Å²) < 4.78 is 2.28. The molecule has 0 saturated carbocycles. The Morgan fingerprint density at radius 2 is 1.90 bits per heavy atom. The van der Waals surface area contributed by atoms with Gasteiger partial charge in [-0.3, -0.25) is 19.6 Å². The van der Waals surface area contributed by atoms with E-state index in [-0.39, 0.29) is 11.4 Å². The zero-order chi connectivity index (χ0) is 21.7. The van der Waals surface area contributed by atoms with Crippen LogP contribution < -0.4 is 10.3 Å². The van der Waals surface area contributed by atoms with Crippen LogP contribution in [0.2, 0.25) is 0 Å². The largest absolute Gasteiger partial charge is 0.378 e. The number of nitrogens with one attached hydrogen (secondary N) is 1. The molecule has 1 aromatic heterocycles. The molecule has 0 radical (unpaired) electrons. The SMILES string of the molecule is CN(C)c1ccc(C=NNC(=O)c2nn(Cc3ccc(Br)cc3)cc2[N+](=O)[O-])cc1. The highest BCUT2D eigenvalue weighted by Gasteiger charge is 2.25. The van der Waals surface area contributed by atoms with Crippen molar-refractivity contribution in [1.82, 2.24) is 15.2 Å². The number of rotatable bonds is 7. The predicted octanol–water partition coefficient (Wildman–Crippen LogP) is 3.43. The third-order valence-corrected chi connectivity index (χ3v) is 4.73. The van der Waals surface area contributed by atoms with Gasteiger partial charge in [-0.2, -0.15) is 10.2 Å². The molecule has 0 saturated heterocycles. The first kappa shape index (κ1) is 21.2. The normalized spacial score (nSPS) is 10.9. The van der Waals surface area contributed by atoms with E-state index in [1.165, 1.54) is 17.1 Å². The highest BCUT2D eigenvalue weighted by Crippen LogP contribution is 2.18. The van der Waals surface area contributed by atoms with Gasteiger partial charge < -0.3 is 4.90 Å².